The van der Waals surface area contributed by atoms with E-state index < -0.39 is 11.8 Å². The van der Waals surface area contributed by atoms with E-state index in [0.717, 1.165) is 5.56 Å². The zero-order chi connectivity index (χ0) is 16.8. The molecule has 0 heterocycles. The first kappa shape index (κ1) is 17.0. The molecule has 0 aromatic heterocycles. The van der Waals surface area contributed by atoms with Crippen molar-refractivity contribution in [2.45, 2.75) is 6.92 Å². The molecule has 0 fully saturated rings. The highest BCUT2D eigenvalue weighted by Crippen LogP contribution is 2.21. The fourth-order valence-electron chi connectivity index (χ4n) is 1.67. The minimum absolute atomic E-state index is 0.389. The Morgan fingerprint density at radius 1 is 1.00 bits per heavy atom. The fourth-order valence-corrected chi connectivity index (χ4v) is 2.16. The number of anilines is 1. The zero-order valence-corrected chi connectivity index (χ0v) is 13.7. The van der Waals surface area contributed by atoms with Gasteiger partial charge < -0.3 is 5.32 Å². The second kappa shape index (κ2) is 7.76. The van der Waals surface area contributed by atoms with Crippen LogP contribution < -0.4 is 10.7 Å². The van der Waals surface area contributed by atoms with Crippen LogP contribution in [0.3, 0.4) is 0 Å². The molecule has 118 valence electrons. The molecule has 0 saturated carbocycles. The monoisotopic (exact) mass is 349 g/mol. The molecule has 0 saturated heterocycles. The van der Waals surface area contributed by atoms with Crippen LogP contribution in [0.25, 0.3) is 0 Å². The van der Waals surface area contributed by atoms with Crippen LogP contribution in [0.5, 0.6) is 0 Å². The molecule has 0 atom stereocenters. The van der Waals surface area contributed by atoms with Crippen LogP contribution in [0.1, 0.15) is 11.1 Å². The Labute approximate surface area is 143 Å². The van der Waals surface area contributed by atoms with Gasteiger partial charge in [-0.1, -0.05) is 47.0 Å². The Morgan fingerprint density at radius 2 is 1.61 bits per heavy atom. The van der Waals surface area contributed by atoms with Gasteiger partial charge >= 0.3 is 11.8 Å². The van der Waals surface area contributed by atoms with E-state index in [1.165, 1.54) is 6.21 Å². The summed E-state index contributed by atoms with van der Waals surface area (Å²) >= 11 is 11.9. The third kappa shape index (κ3) is 4.81. The SMILES string of the molecule is Cc1ccc(NC(=O)C(=O)NN=Cc2c(Cl)cccc2Cl)cc1. The molecule has 2 rings (SSSR count). The van der Waals surface area contributed by atoms with Gasteiger partial charge in [-0.25, -0.2) is 5.43 Å². The number of hydrogen-bond acceptors (Lipinski definition) is 3. The lowest BCUT2D eigenvalue weighted by Crippen LogP contribution is -2.32. The molecule has 0 aliphatic heterocycles. The summed E-state index contributed by atoms with van der Waals surface area (Å²) in [5.74, 6) is -1.72. The number of nitrogens with zero attached hydrogens (tertiary/aromatic N) is 1. The van der Waals surface area contributed by atoms with Crippen molar-refractivity contribution in [1.82, 2.24) is 5.43 Å². The highest BCUT2D eigenvalue weighted by Gasteiger charge is 2.12. The number of rotatable bonds is 3. The van der Waals surface area contributed by atoms with E-state index in [0.29, 0.717) is 21.3 Å². The van der Waals surface area contributed by atoms with E-state index >= 15 is 0 Å². The van der Waals surface area contributed by atoms with Gasteiger partial charge in [-0.2, -0.15) is 5.10 Å². The minimum Gasteiger partial charge on any atom is -0.318 e. The van der Waals surface area contributed by atoms with E-state index in [4.69, 9.17) is 23.2 Å². The summed E-state index contributed by atoms with van der Waals surface area (Å²) in [6.07, 6.45) is 1.28. The Bertz CT molecular complexity index is 738. The van der Waals surface area contributed by atoms with Crippen molar-refractivity contribution in [3.63, 3.8) is 0 Å². The molecule has 2 aromatic rings. The summed E-state index contributed by atoms with van der Waals surface area (Å²) in [5, 5.41) is 6.93. The predicted octanol–water partition coefficient (Wildman–Crippen LogP) is 3.39. The Morgan fingerprint density at radius 3 is 2.22 bits per heavy atom. The summed E-state index contributed by atoms with van der Waals surface area (Å²) in [6, 6.07) is 12.0. The van der Waals surface area contributed by atoms with Crippen molar-refractivity contribution in [2.75, 3.05) is 5.32 Å². The lowest BCUT2D eigenvalue weighted by atomic mass is 10.2. The van der Waals surface area contributed by atoms with Crippen molar-refractivity contribution in [2.24, 2.45) is 5.10 Å². The van der Waals surface area contributed by atoms with Crippen molar-refractivity contribution >= 4 is 46.9 Å². The van der Waals surface area contributed by atoms with Crippen LogP contribution in [0, 0.1) is 6.92 Å². The van der Waals surface area contributed by atoms with E-state index in [1.54, 1.807) is 30.3 Å². The molecule has 0 spiro atoms. The van der Waals surface area contributed by atoms with Gasteiger partial charge in [0, 0.05) is 11.3 Å². The maximum absolute atomic E-state index is 11.7. The first-order chi connectivity index (χ1) is 11.0. The molecule has 0 aliphatic carbocycles. The Hall–Kier alpha value is -2.37. The largest absolute Gasteiger partial charge is 0.329 e. The van der Waals surface area contributed by atoms with E-state index in [-0.39, 0.29) is 0 Å². The van der Waals surface area contributed by atoms with Crippen molar-refractivity contribution in [3.05, 3.63) is 63.6 Å². The molecular weight excluding hydrogens is 337 g/mol. The topological polar surface area (TPSA) is 70.6 Å². The van der Waals surface area contributed by atoms with E-state index in [9.17, 15) is 9.59 Å². The molecule has 7 heteroatoms. The molecule has 0 radical (unpaired) electrons. The lowest BCUT2D eigenvalue weighted by molar-refractivity contribution is -0.136. The van der Waals surface area contributed by atoms with Gasteiger partial charge in [0.1, 0.15) is 0 Å². The summed E-state index contributed by atoms with van der Waals surface area (Å²) in [6.45, 7) is 1.92. The number of hydrogen-bond donors (Lipinski definition) is 2. The number of carbonyl (C=O) groups excluding carboxylic acids is 2. The standard InChI is InChI=1S/C16H13Cl2N3O2/c1-10-5-7-11(8-6-10)20-15(22)16(23)21-19-9-12-13(17)3-2-4-14(12)18/h2-9H,1H3,(H,20,22)(H,21,23). The molecule has 5 nitrogen and oxygen atoms in total. The van der Waals surface area contributed by atoms with Crippen LogP contribution in [-0.2, 0) is 9.59 Å². The zero-order valence-electron chi connectivity index (χ0n) is 12.1. The average molecular weight is 350 g/mol. The Kier molecular flexibility index (Phi) is 5.73. The predicted molar refractivity (Wildman–Crippen MR) is 92.0 cm³/mol. The number of hydrazone groups is 1. The van der Waals surface area contributed by atoms with Gasteiger partial charge in [-0.05, 0) is 31.2 Å². The number of amides is 2. The molecule has 23 heavy (non-hydrogen) atoms. The van der Waals surface area contributed by atoms with E-state index in [1.807, 2.05) is 19.1 Å². The van der Waals surface area contributed by atoms with Crippen molar-refractivity contribution < 1.29 is 9.59 Å². The van der Waals surface area contributed by atoms with Gasteiger partial charge in [0.05, 0.1) is 16.3 Å². The number of halogens is 2. The van der Waals surface area contributed by atoms with Gasteiger partial charge in [-0.3, -0.25) is 9.59 Å². The van der Waals surface area contributed by atoms with Gasteiger partial charge in [-0.15, -0.1) is 0 Å². The fraction of sp³-hybridized carbons (Fsp3) is 0.0625. The highest BCUT2D eigenvalue weighted by molar-refractivity contribution is 6.40. The number of carbonyl (C=O) groups is 2. The summed E-state index contributed by atoms with van der Waals surface area (Å²) in [7, 11) is 0. The second-order valence-corrected chi connectivity index (χ2v) is 5.47. The summed E-state index contributed by atoms with van der Waals surface area (Å²) in [5.41, 5.74) is 4.14. The van der Waals surface area contributed by atoms with Gasteiger partial charge in [0.2, 0.25) is 0 Å². The lowest BCUT2D eigenvalue weighted by Gasteiger charge is -2.04. The number of nitrogens with one attached hydrogen (secondary N) is 2. The number of benzene rings is 2. The normalized spacial score (nSPS) is 10.6. The van der Waals surface area contributed by atoms with E-state index in [2.05, 4.69) is 15.8 Å². The maximum Gasteiger partial charge on any atom is 0.329 e. The van der Waals surface area contributed by atoms with Crippen LogP contribution in [0.2, 0.25) is 10.0 Å². The molecule has 0 unspecified atom stereocenters. The quantitative estimate of drug-likeness (QED) is 0.506. The Balaban J connectivity index is 1.95. The number of aryl methyl sites for hydroxylation is 1. The molecule has 2 aromatic carbocycles. The maximum atomic E-state index is 11.7. The summed E-state index contributed by atoms with van der Waals surface area (Å²) in [4.78, 5) is 23.4. The molecule has 0 bridgehead atoms. The second-order valence-electron chi connectivity index (χ2n) is 4.65. The first-order valence-corrected chi connectivity index (χ1v) is 7.38. The highest BCUT2D eigenvalue weighted by atomic mass is 35.5. The average Bonchev–Trinajstić information content (AvgIpc) is 2.52. The van der Waals surface area contributed by atoms with Crippen LogP contribution >= 0.6 is 23.2 Å². The van der Waals surface area contributed by atoms with Crippen molar-refractivity contribution in [3.8, 4) is 0 Å². The summed E-state index contributed by atoms with van der Waals surface area (Å²) < 4.78 is 0. The third-order valence-electron chi connectivity index (χ3n) is 2.88. The van der Waals surface area contributed by atoms with Gasteiger partial charge in [0.25, 0.3) is 0 Å². The van der Waals surface area contributed by atoms with Crippen LogP contribution in [0.4, 0.5) is 5.69 Å². The molecular formula is C16H13Cl2N3O2. The molecule has 0 aliphatic rings. The first-order valence-electron chi connectivity index (χ1n) is 6.62. The van der Waals surface area contributed by atoms with Crippen molar-refractivity contribution in [1.29, 1.82) is 0 Å². The molecule has 2 N–H and O–H groups in total. The van der Waals surface area contributed by atoms with Crippen LogP contribution in [0.15, 0.2) is 47.6 Å². The minimum atomic E-state index is -0.898. The molecule has 2 amide bonds. The third-order valence-corrected chi connectivity index (χ3v) is 3.53. The smallest absolute Gasteiger partial charge is 0.318 e. The van der Waals surface area contributed by atoms with Gasteiger partial charge in [0.15, 0.2) is 0 Å². The van der Waals surface area contributed by atoms with Crippen LogP contribution in [-0.4, -0.2) is 18.0 Å².